The summed E-state index contributed by atoms with van der Waals surface area (Å²) in [6.45, 7) is 4.16. The molecule has 0 bridgehead atoms. The normalized spacial score (nSPS) is 10.6. The number of rotatable bonds is 4. The Morgan fingerprint density at radius 3 is 2.72 bits per heavy atom. The zero-order valence-electron chi connectivity index (χ0n) is 10.0. The molecule has 0 saturated carbocycles. The Morgan fingerprint density at radius 2 is 2.22 bits per heavy atom. The number of carbonyl (C=O) groups is 1. The van der Waals surface area contributed by atoms with Crippen molar-refractivity contribution in [1.29, 1.82) is 0 Å². The van der Waals surface area contributed by atoms with E-state index in [-0.39, 0.29) is 5.56 Å². The number of aromatic carboxylic acids is 1. The van der Waals surface area contributed by atoms with Gasteiger partial charge in [-0.15, -0.1) is 11.3 Å². The molecule has 0 radical (unpaired) electrons. The van der Waals surface area contributed by atoms with Crippen LogP contribution in [0.25, 0.3) is 0 Å². The number of anilines is 2. The number of nitrogens with zero attached hydrogens (tertiary/aromatic N) is 2. The number of nitrogens with one attached hydrogen (secondary N) is 1. The average Bonchev–Trinajstić information content (AvgIpc) is 2.78. The molecule has 6 heteroatoms. The lowest BCUT2D eigenvalue weighted by Crippen LogP contribution is -1.99. The van der Waals surface area contributed by atoms with Crippen LogP contribution in [0.5, 0.6) is 0 Å². The second kappa shape index (κ2) is 5.14. The molecule has 2 heterocycles. The number of thiazole rings is 1. The van der Waals surface area contributed by atoms with E-state index in [1.165, 1.54) is 23.6 Å². The van der Waals surface area contributed by atoms with Crippen LogP contribution in [-0.2, 0) is 0 Å². The Balaban J connectivity index is 2.10. The molecule has 0 aliphatic heterocycles. The molecule has 0 aliphatic carbocycles. The van der Waals surface area contributed by atoms with Gasteiger partial charge >= 0.3 is 5.97 Å². The number of hydrogen-bond acceptors (Lipinski definition) is 5. The van der Waals surface area contributed by atoms with Crippen molar-refractivity contribution >= 4 is 28.3 Å². The molecular formula is C12H13N3O2S. The van der Waals surface area contributed by atoms with E-state index in [9.17, 15) is 4.79 Å². The van der Waals surface area contributed by atoms with Crippen LogP contribution in [0.1, 0.15) is 35.8 Å². The first-order chi connectivity index (χ1) is 8.56. The minimum atomic E-state index is -0.981. The molecule has 0 spiro atoms. The van der Waals surface area contributed by atoms with Gasteiger partial charge in [0.05, 0.1) is 11.3 Å². The van der Waals surface area contributed by atoms with Crippen LogP contribution in [0.3, 0.4) is 0 Å². The smallest absolute Gasteiger partial charge is 0.337 e. The van der Waals surface area contributed by atoms with Crippen LogP contribution in [0.15, 0.2) is 23.7 Å². The molecule has 0 aromatic carbocycles. The highest BCUT2D eigenvalue weighted by atomic mass is 32.1. The standard InChI is InChI=1S/C12H13N3O2S/c1-7(2)9-6-18-12(14-9)15-10-4-3-8(5-13-10)11(16)17/h3-7H,1-2H3,(H,16,17)(H,13,14,15). The lowest BCUT2D eigenvalue weighted by molar-refractivity contribution is 0.0696. The Labute approximate surface area is 109 Å². The summed E-state index contributed by atoms with van der Waals surface area (Å²) < 4.78 is 0. The van der Waals surface area contributed by atoms with Crippen LogP contribution >= 0.6 is 11.3 Å². The van der Waals surface area contributed by atoms with Gasteiger partial charge in [0, 0.05) is 11.6 Å². The summed E-state index contributed by atoms with van der Waals surface area (Å²) in [5.41, 5.74) is 1.20. The van der Waals surface area contributed by atoms with Gasteiger partial charge in [-0.25, -0.2) is 14.8 Å². The lowest BCUT2D eigenvalue weighted by Gasteiger charge is -2.02. The van der Waals surface area contributed by atoms with Crippen molar-refractivity contribution in [2.24, 2.45) is 0 Å². The van der Waals surface area contributed by atoms with E-state index in [0.717, 1.165) is 10.8 Å². The maximum Gasteiger partial charge on any atom is 0.337 e. The molecule has 2 aromatic rings. The molecule has 94 valence electrons. The maximum atomic E-state index is 10.7. The molecule has 0 atom stereocenters. The third-order valence-electron chi connectivity index (χ3n) is 2.36. The van der Waals surface area contributed by atoms with Gasteiger partial charge in [0.25, 0.3) is 0 Å². The zero-order chi connectivity index (χ0) is 13.1. The average molecular weight is 263 g/mol. The molecule has 5 nitrogen and oxygen atoms in total. The second-order valence-electron chi connectivity index (χ2n) is 4.09. The predicted octanol–water partition coefficient (Wildman–Crippen LogP) is 3.10. The first-order valence-corrected chi connectivity index (χ1v) is 6.36. The quantitative estimate of drug-likeness (QED) is 0.886. The highest BCUT2D eigenvalue weighted by Crippen LogP contribution is 2.23. The minimum Gasteiger partial charge on any atom is -0.478 e. The fourth-order valence-electron chi connectivity index (χ4n) is 1.31. The Kier molecular flexibility index (Phi) is 3.57. The maximum absolute atomic E-state index is 10.7. The second-order valence-corrected chi connectivity index (χ2v) is 4.95. The molecule has 2 aromatic heterocycles. The summed E-state index contributed by atoms with van der Waals surface area (Å²) in [6.07, 6.45) is 1.32. The Bertz CT molecular complexity index is 549. The third-order valence-corrected chi connectivity index (χ3v) is 3.13. The van der Waals surface area contributed by atoms with Crippen molar-refractivity contribution < 1.29 is 9.90 Å². The fourth-order valence-corrected chi connectivity index (χ4v) is 2.19. The Morgan fingerprint density at radius 1 is 1.44 bits per heavy atom. The van der Waals surface area contributed by atoms with Crippen molar-refractivity contribution in [3.63, 3.8) is 0 Å². The van der Waals surface area contributed by atoms with Gasteiger partial charge in [-0.2, -0.15) is 0 Å². The molecular weight excluding hydrogens is 250 g/mol. The number of carboxylic acid groups (broad SMARTS) is 1. The van der Waals surface area contributed by atoms with E-state index >= 15 is 0 Å². The summed E-state index contributed by atoms with van der Waals surface area (Å²) in [7, 11) is 0. The van der Waals surface area contributed by atoms with Crippen molar-refractivity contribution in [2.75, 3.05) is 5.32 Å². The molecule has 0 aliphatic rings. The van der Waals surface area contributed by atoms with Crippen LogP contribution in [0.4, 0.5) is 10.9 Å². The van der Waals surface area contributed by atoms with Crippen LogP contribution in [-0.4, -0.2) is 21.0 Å². The summed E-state index contributed by atoms with van der Waals surface area (Å²) >= 11 is 1.50. The molecule has 0 fully saturated rings. The number of carboxylic acids is 1. The first-order valence-electron chi connectivity index (χ1n) is 5.48. The summed E-state index contributed by atoms with van der Waals surface area (Å²) in [4.78, 5) is 19.1. The van der Waals surface area contributed by atoms with Gasteiger partial charge in [0.2, 0.25) is 0 Å². The van der Waals surface area contributed by atoms with Crippen LogP contribution in [0.2, 0.25) is 0 Å². The highest BCUT2D eigenvalue weighted by Gasteiger charge is 2.07. The molecule has 0 amide bonds. The van der Waals surface area contributed by atoms with Crippen LogP contribution < -0.4 is 5.32 Å². The van der Waals surface area contributed by atoms with E-state index < -0.39 is 5.97 Å². The first kappa shape index (κ1) is 12.5. The van der Waals surface area contributed by atoms with Gasteiger partial charge in [0.1, 0.15) is 5.82 Å². The lowest BCUT2D eigenvalue weighted by atomic mass is 10.2. The molecule has 0 unspecified atom stereocenters. The van der Waals surface area contributed by atoms with Gasteiger partial charge in [-0.3, -0.25) is 0 Å². The number of hydrogen-bond donors (Lipinski definition) is 2. The number of pyridine rings is 1. The third kappa shape index (κ3) is 2.84. The largest absolute Gasteiger partial charge is 0.478 e. The van der Waals surface area contributed by atoms with Crippen molar-refractivity contribution in [2.45, 2.75) is 19.8 Å². The van der Waals surface area contributed by atoms with Gasteiger partial charge < -0.3 is 10.4 Å². The molecule has 18 heavy (non-hydrogen) atoms. The van der Waals surface area contributed by atoms with Crippen LogP contribution in [0, 0.1) is 0 Å². The van der Waals surface area contributed by atoms with E-state index in [0.29, 0.717) is 11.7 Å². The fraction of sp³-hybridized carbons (Fsp3) is 0.250. The number of aromatic nitrogens is 2. The van der Waals surface area contributed by atoms with Gasteiger partial charge in [-0.1, -0.05) is 13.8 Å². The van der Waals surface area contributed by atoms with Crippen molar-refractivity contribution in [3.05, 3.63) is 35.0 Å². The SMILES string of the molecule is CC(C)c1csc(Nc2ccc(C(=O)O)cn2)n1. The van der Waals surface area contributed by atoms with E-state index in [4.69, 9.17) is 5.11 Å². The van der Waals surface area contributed by atoms with E-state index in [2.05, 4.69) is 29.1 Å². The van der Waals surface area contributed by atoms with Crippen molar-refractivity contribution in [3.8, 4) is 0 Å². The predicted molar refractivity (Wildman–Crippen MR) is 70.7 cm³/mol. The molecule has 0 saturated heterocycles. The van der Waals surface area contributed by atoms with Gasteiger partial charge in [-0.05, 0) is 18.1 Å². The zero-order valence-corrected chi connectivity index (χ0v) is 10.9. The summed E-state index contributed by atoms with van der Waals surface area (Å²) in [5, 5.41) is 14.6. The molecule has 2 N–H and O–H groups in total. The minimum absolute atomic E-state index is 0.169. The topological polar surface area (TPSA) is 75.1 Å². The monoisotopic (exact) mass is 263 g/mol. The summed E-state index contributed by atoms with van der Waals surface area (Å²) in [6, 6.07) is 3.13. The summed E-state index contributed by atoms with van der Waals surface area (Å²) in [5.74, 6) is -0.00538. The van der Waals surface area contributed by atoms with Crippen molar-refractivity contribution in [1.82, 2.24) is 9.97 Å². The molecule has 2 rings (SSSR count). The van der Waals surface area contributed by atoms with Gasteiger partial charge in [0.15, 0.2) is 5.13 Å². The van der Waals surface area contributed by atoms with E-state index in [1.807, 2.05) is 5.38 Å². The Hall–Kier alpha value is -1.95. The highest BCUT2D eigenvalue weighted by molar-refractivity contribution is 7.13. The van der Waals surface area contributed by atoms with E-state index in [1.54, 1.807) is 6.07 Å².